The van der Waals surface area contributed by atoms with Crippen LogP contribution in [0, 0.1) is 0 Å². The fourth-order valence-electron chi connectivity index (χ4n) is 1.51. The van der Waals surface area contributed by atoms with Gasteiger partial charge in [0.05, 0.1) is 5.52 Å². The van der Waals surface area contributed by atoms with Crippen LogP contribution in [0.25, 0.3) is 10.9 Å². The van der Waals surface area contributed by atoms with Crippen LogP contribution < -0.4 is 5.32 Å². The quantitative estimate of drug-likeness (QED) is 0.883. The molecule has 1 unspecified atom stereocenters. The summed E-state index contributed by atoms with van der Waals surface area (Å²) >= 11 is 3.41. The molecule has 2 aromatic rings. The first-order chi connectivity index (χ1) is 7.31. The highest BCUT2D eigenvalue weighted by molar-refractivity contribution is 7.98. The van der Waals surface area contributed by atoms with E-state index < -0.39 is 0 Å². The Balaban J connectivity index is 2.21. The van der Waals surface area contributed by atoms with Gasteiger partial charge in [0.2, 0.25) is 0 Å². The van der Waals surface area contributed by atoms with Crippen molar-refractivity contribution in [2.24, 2.45) is 0 Å². The van der Waals surface area contributed by atoms with E-state index in [2.05, 4.69) is 41.1 Å². The molecule has 1 heterocycles. The average Bonchev–Trinajstić information content (AvgIpc) is 2.62. The SMILES string of the molecule is CSCC(C)Nc1snc2ccccc12. The van der Waals surface area contributed by atoms with E-state index in [1.165, 1.54) is 10.4 Å². The number of hydrogen-bond donors (Lipinski definition) is 1. The van der Waals surface area contributed by atoms with Crippen molar-refractivity contribution in [3.05, 3.63) is 24.3 Å². The Labute approximate surface area is 98.2 Å². The third kappa shape index (κ3) is 2.44. The molecule has 0 aliphatic carbocycles. The number of anilines is 1. The zero-order valence-corrected chi connectivity index (χ0v) is 10.5. The lowest BCUT2D eigenvalue weighted by molar-refractivity contribution is 0.921. The number of nitrogens with zero attached hydrogens (tertiary/aromatic N) is 1. The Morgan fingerprint density at radius 2 is 2.27 bits per heavy atom. The minimum Gasteiger partial charge on any atom is -0.372 e. The normalized spacial score (nSPS) is 12.9. The summed E-state index contributed by atoms with van der Waals surface area (Å²) in [5, 5.41) is 5.92. The van der Waals surface area contributed by atoms with Gasteiger partial charge in [-0.1, -0.05) is 12.1 Å². The molecule has 0 aliphatic heterocycles. The fraction of sp³-hybridized carbons (Fsp3) is 0.364. The number of hydrogen-bond acceptors (Lipinski definition) is 4. The average molecular weight is 238 g/mol. The van der Waals surface area contributed by atoms with Gasteiger partial charge in [-0.05, 0) is 36.8 Å². The van der Waals surface area contributed by atoms with Gasteiger partial charge < -0.3 is 5.32 Å². The smallest absolute Gasteiger partial charge is 0.117 e. The second-order valence-electron chi connectivity index (χ2n) is 3.53. The van der Waals surface area contributed by atoms with Gasteiger partial charge >= 0.3 is 0 Å². The summed E-state index contributed by atoms with van der Waals surface area (Å²) in [5.74, 6) is 1.12. The van der Waals surface area contributed by atoms with Gasteiger partial charge in [0.25, 0.3) is 0 Å². The van der Waals surface area contributed by atoms with Crippen molar-refractivity contribution in [1.82, 2.24) is 4.37 Å². The van der Waals surface area contributed by atoms with Crippen LogP contribution in [0.3, 0.4) is 0 Å². The lowest BCUT2D eigenvalue weighted by Gasteiger charge is -2.11. The van der Waals surface area contributed by atoms with E-state index in [0.717, 1.165) is 11.3 Å². The van der Waals surface area contributed by atoms with Crippen molar-refractivity contribution >= 4 is 39.2 Å². The molecule has 0 spiro atoms. The second kappa shape index (κ2) is 4.86. The molecule has 0 radical (unpaired) electrons. The molecule has 4 heteroatoms. The minimum absolute atomic E-state index is 0.490. The summed E-state index contributed by atoms with van der Waals surface area (Å²) in [4.78, 5) is 0. The highest BCUT2D eigenvalue weighted by atomic mass is 32.2. The third-order valence-electron chi connectivity index (χ3n) is 2.18. The highest BCUT2D eigenvalue weighted by Gasteiger charge is 2.07. The van der Waals surface area contributed by atoms with E-state index >= 15 is 0 Å². The zero-order valence-electron chi connectivity index (χ0n) is 8.86. The number of nitrogens with one attached hydrogen (secondary N) is 1. The zero-order chi connectivity index (χ0) is 10.7. The predicted octanol–water partition coefficient (Wildman–Crippen LogP) is 3.46. The van der Waals surface area contributed by atoms with Crippen molar-refractivity contribution in [2.45, 2.75) is 13.0 Å². The Hall–Kier alpha value is -0.740. The third-order valence-corrected chi connectivity index (χ3v) is 3.82. The molecule has 80 valence electrons. The van der Waals surface area contributed by atoms with Gasteiger partial charge in [0, 0.05) is 17.2 Å². The molecule has 0 amide bonds. The molecule has 1 atom stereocenters. The van der Waals surface area contributed by atoms with Crippen molar-refractivity contribution in [3.63, 3.8) is 0 Å². The number of benzene rings is 1. The second-order valence-corrected chi connectivity index (χ2v) is 5.21. The van der Waals surface area contributed by atoms with E-state index in [-0.39, 0.29) is 0 Å². The van der Waals surface area contributed by atoms with Gasteiger partial charge in [-0.3, -0.25) is 0 Å². The van der Waals surface area contributed by atoms with Crippen LogP contribution in [0.4, 0.5) is 5.00 Å². The van der Waals surface area contributed by atoms with Crippen LogP contribution in [0.5, 0.6) is 0 Å². The molecule has 15 heavy (non-hydrogen) atoms. The molecular formula is C11H14N2S2. The summed E-state index contributed by atoms with van der Waals surface area (Å²) in [5.41, 5.74) is 1.08. The standard InChI is InChI=1S/C11H14N2S2/c1-8(7-14-2)12-11-9-5-3-4-6-10(9)13-15-11/h3-6,8,12H,7H2,1-2H3. The van der Waals surface area contributed by atoms with Gasteiger partial charge in [-0.25, -0.2) is 0 Å². The summed E-state index contributed by atoms with van der Waals surface area (Å²) in [7, 11) is 0. The molecule has 1 aromatic carbocycles. The first-order valence-electron chi connectivity index (χ1n) is 4.91. The molecule has 0 aliphatic rings. The molecule has 0 fully saturated rings. The predicted molar refractivity (Wildman–Crippen MR) is 71.1 cm³/mol. The van der Waals surface area contributed by atoms with E-state index in [1.54, 1.807) is 11.5 Å². The van der Waals surface area contributed by atoms with Crippen molar-refractivity contribution in [2.75, 3.05) is 17.3 Å². The number of fused-ring (bicyclic) bond motifs is 1. The van der Waals surface area contributed by atoms with Crippen LogP contribution in [-0.2, 0) is 0 Å². The topological polar surface area (TPSA) is 24.9 Å². The van der Waals surface area contributed by atoms with E-state index in [9.17, 15) is 0 Å². The molecule has 0 saturated heterocycles. The molecule has 1 N–H and O–H groups in total. The van der Waals surface area contributed by atoms with E-state index in [1.807, 2.05) is 17.8 Å². The maximum atomic E-state index is 4.40. The molecule has 1 aromatic heterocycles. The van der Waals surface area contributed by atoms with Gasteiger partial charge in [-0.2, -0.15) is 16.1 Å². The fourth-order valence-corrected chi connectivity index (χ4v) is 2.97. The largest absolute Gasteiger partial charge is 0.372 e. The van der Waals surface area contributed by atoms with Crippen LogP contribution in [0.2, 0.25) is 0 Å². The maximum Gasteiger partial charge on any atom is 0.117 e. The molecule has 0 saturated carbocycles. The van der Waals surface area contributed by atoms with Crippen molar-refractivity contribution in [1.29, 1.82) is 0 Å². The maximum absolute atomic E-state index is 4.40. The number of thioether (sulfide) groups is 1. The first-order valence-corrected chi connectivity index (χ1v) is 7.08. The first kappa shape index (κ1) is 10.8. The minimum atomic E-state index is 0.490. The van der Waals surface area contributed by atoms with Crippen LogP contribution in [0.1, 0.15) is 6.92 Å². The molecule has 0 bridgehead atoms. The molecular weight excluding hydrogens is 224 g/mol. The molecule has 2 rings (SSSR count). The molecule has 2 nitrogen and oxygen atoms in total. The Bertz CT molecular complexity index is 439. The lowest BCUT2D eigenvalue weighted by atomic mass is 10.2. The lowest BCUT2D eigenvalue weighted by Crippen LogP contribution is -2.16. The number of rotatable bonds is 4. The van der Waals surface area contributed by atoms with E-state index in [4.69, 9.17) is 0 Å². The van der Waals surface area contributed by atoms with Gasteiger partial charge in [-0.15, -0.1) is 0 Å². The Kier molecular flexibility index (Phi) is 3.49. The highest BCUT2D eigenvalue weighted by Crippen LogP contribution is 2.27. The number of aromatic nitrogens is 1. The van der Waals surface area contributed by atoms with Crippen LogP contribution in [-0.4, -0.2) is 22.4 Å². The van der Waals surface area contributed by atoms with Gasteiger partial charge in [0.1, 0.15) is 5.00 Å². The van der Waals surface area contributed by atoms with Crippen LogP contribution in [0.15, 0.2) is 24.3 Å². The Morgan fingerprint density at radius 1 is 1.47 bits per heavy atom. The monoisotopic (exact) mass is 238 g/mol. The van der Waals surface area contributed by atoms with Crippen LogP contribution >= 0.6 is 23.3 Å². The Morgan fingerprint density at radius 3 is 3.07 bits per heavy atom. The summed E-state index contributed by atoms with van der Waals surface area (Å²) < 4.78 is 4.40. The summed E-state index contributed by atoms with van der Waals surface area (Å²) in [6.07, 6.45) is 2.13. The summed E-state index contributed by atoms with van der Waals surface area (Å²) in [6.45, 7) is 2.20. The van der Waals surface area contributed by atoms with Gasteiger partial charge in [0.15, 0.2) is 0 Å². The van der Waals surface area contributed by atoms with Crippen molar-refractivity contribution < 1.29 is 0 Å². The summed E-state index contributed by atoms with van der Waals surface area (Å²) in [6, 6.07) is 8.74. The van der Waals surface area contributed by atoms with Crippen molar-refractivity contribution in [3.8, 4) is 0 Å². The van der Waals surface area contributed by atoms with E-state index in [0.29, 0.717) is 6.04 Å².